The van der Waals surface area contributed by atoms with Crippen LogP contribution in [0, 0.1) is 0 Å². The Hall–Kier alpha value is -3.34. The molecule has 2 unspecified atom stereocenters. The number of Topliss-reactive ketones (excluding diaryl/α,β-unsaturated/α-hetero) is 1. The molecule has 3 aromatic rings. The Kier molecular flexibility index (Phi) is 2.71. The molecular weight excluding hydrogens is 320 g/mol. The zero-order valence-electron chi connectivity index (χ0n) is 13.0. The van der Waals surface area contributed by atoms with E-state index in [2.05, 4.69) is 0 Å². The monoisotopic (exact) mass is 332 g/mol. The Morgan fingerprint density at radius 3 is 2.64 bits per heavy atom. The van der Waals surface area contributed by atoms with Crippen LogP contribution < -0.4 is 4.74 Å². The van der Waals surface area contributed by atoms with Gasteiger partial charge < -0.3 is 13.9 Å². The molecule has 0 radical (unpaired) electrons. The maximum Gasteiger partial charge on any atom is 0.377 e. The molecule has 0 spiro atoms. The Morgan fingerprint density at radius 2 is 1.80 bits per heavy atom. The average Bonchev–Trinajstić information content (AvgIpc) is 3.31. The summed E-state index contributed by atoms with van der Waals surface area (Å²) in [6, 6.07) is 17.4. The number of fused-ring (bicyclic) bond motifs is 5. The van der Waals surface area contributed by atoms with Gasteiger partial charge in [0.25, 0.3) is 5.79 Å². The Bertz CT molecular complexity index is 1000. The summed E-state index contributed by atoms with van der Waals surface area (Å²) in [5.41, 5.74) is 1.78. The Labute approximate surface area is 142 Å². The highest BCUT2D eigenvalue weighted by atomic mass is 16.7. The fraction of sp³-hybridized carbons (Fsp3) is 0.100. The van der Waals surface area contributed by atoms with Gasteiger partial charge in [0.1, 0.15) is 11.7 Å². The molecule has 0 amide bonds. The number of hydrogen-bond donors (Lipinski definition) is 0. The topological polar surface area (TPSA) is 65.7 Å². The molecule has 0 bridgehead atoms. The van der Waals surface area contributed by atoms with Gasteiger partial charge in [-0.15, -0.1) is 0 Å². The van der Waals surface area contributed by atoms with Crippen LogP contribution in [0.3, 0.4) is 0 Å². The van der Waals surface area contributed by atoms with E-state index in [-0.39, 0.29) is 11.5 Å². The van der Waals surface area contributed by atoms with Crippen molar-refractivity contribution < 1.29 is 23.5 Å². The summed E-state index contributed by atoms with van der Waals surface area (Å²) in [6.45, 7) is 0. The van der Waals surface area contributed by atoms with E-state index in [0.29, 0.717) is 16.9 Å². The average molecular weight is 332 g/mol. The third-order valence-corrected chi connectivity index (χ3v) is 4.67. The minimum Gasteiger partial charge on any atom is -0.457 e. The van der Waals surface area contributed by atoms with E-state index in [9.17, 15) is 9.59 Å². The van der Waals surface area contributed by atoms with E-state index in [1.54, 1.807) is 36.4 Å². The second-order valence-electron chi connectivity index (χ2n) is 6.02. The zero-order valence-corrected chi connectivity index (χ0v) is 13.0. The molecule has 5 heteroatoms. The number of ketones is 1. The van der Waals surface area contributed by atoms with Gasteiger partial charge in [0.05, 0.1) is 6.26 Å². The number of rotatable bonds is 2. The lowest BCUT2D eigenvalue weighted by Gasteiger charge is -2.28. The molecule has 0 N–H and O–H groups in total. The summed E-state index contributed by atoms with van der Waals surface area (Å²) < 4.78 is 17.0. The summed E-state index contributed by atoms with van der Waals surface area (Å²) in [4.78, 5) is 25.6. The van der Waals surface area contributed by atoms with Crippen molar-refractivity contribution in [3.63, 3.8) is 0 Å². The molecule has 2 aliphatic rings. The van der Waals surface area contributed by atoms with Crippen LogP contribution in [0.4, 0.5) is 0 Å². The highest BCUT2D eigenvalue weighted by Crippen LogP contribution is 2.57. The van der Waals surface area contributed by atoms with Crippen molar-refractivity contribution in [1.82, 2.24) is 0 Å². The molecule has 5 nitrogen and oxygen atoms in total. The normalized spacial score (nSPS) is 22.7. The fourth-order valence-electron chi connectivity index (χ4n) is 3.64. The minimum atomic E-state index is -1.50. The van der Waals surface area contributed by atoms with Crippen molar-refractivity contribution >= 4 is 11.8 Å². The quantitative estimate of drug-likeness (QED) is 0.670. The van der Waals surface area contributed by atoms with Crippen LogP contribution in [0.25, 0.3) is 0 Å². The molecule has 5 rings (SSSR count). The second-order valence-corrected chi connectivity index (χ2v) is 6.02. The van der Waals surface area contributed by atoms with Gasteiger partial charge in [0, 0.05) is 16.7 Å². The van der Waals surface area contributed by atoms with Crippen LogP contribution in [-0.4, -0.2) is 11.8 Å². The third kappa shape index (κ3) is 1.78. The van der Waals surface area contributed by atoms with E-state index < -0.39 is 17.7 Å². The van der Waals surface area contributed by atoms with E-state index in [1.807, 2.05) is 18.2 Å². The third-order valence-electron chi connectivity index (χ3n) is 4.67. The molecule has 1 aliphatic heterocycles. The summed E-state index contributed by atoms with van der Waals surface area (Å²) in [5.74, 6) is -2.41. The lowest BCUT2D eigenvalue weighted by Crippen LogP contribution is -2.38. The summed E-state index contributed by atoms with van der Waals surface area (Å²) in [5, 5.41) is 0. The van der Waals surface area contributed by atoms with Crippen LogP contribution in [0.15, 0.2) is 71.3 Å². The standard InChI is InChI=1S/C20H12O5/c21-18-12-6-1-3-8-14(12)20(25-19(22)16-10-5-11-23-16)17(18)13-7-2-4-9-15(13)24-20/h1-11,17H. The fourth-order valence-corrected chi connectivity index (χ4v) is 3.64. The van der Waals surface area contributed by atoms with Crippen molar-refractivity contribution in [2.75, 3.05) is 0 Å². The van der Waals surface area contributed by atoms with Crippen LogP contribution in [0.1, 0.15) is 38.0 Å². The van der Waals surface area contributed by atoms with E-state index in [1.165, 1.54) is 12.3 Å². The summed E-state index contributed by atoms with van der Waals surface area (Å²) in [6.07, 6.45) is 1.39. The number of esters is 1. The first-order valence-electron chi connectivity index (χ1n) is 7.89. The minimum absolute atomic E-state index is 0.0597. The van der Waals surface area contributed by atoms with Gasteiger partial charge in [-0.1, -0.05) is 42.5 Å². The molecular formula is C20H12O5. The van der Waals surface area contributed by atoms with Gasteiger partial charge in [-0.25, -0.2) is 4.79 Å². The Balaban J connectivity index is 1.69. The molecule has 0 saturated heterocycles. The van der Waals surface area contributed by atoms with Gasteiger partial charge in [-0.05, 0) is 18.2 Å². The number of benzene rings is 2. The lowest BCUT2D eigenvalue weighted by molar-refractivity contribution is -0.143. The molecule has 0 saturated carbocycles. The molecule has 25 heavy (non-hydrogen) atoms. The maximum atomic E-state index is 13.0. The van der Waals surface area contributed by atoms with E-state index in [4.69, 9.17) is 13.9 Å². The van der Waals surface area contributed by atoms with Gasteiger partial charge in [0.2, 0.25) is 5.76 Å². The zero-order chi connectivity index (χ0) is 17.0. The maximum absolute atomic E-state index is 13.0. The van der Waals surface area contributed by atoms with Crippen LogP contribution in [0.2, 0.25) is 0 Å². The molecule has 0 fully saturated rings. The Morgan fingerprint density at radius 1 is 1.00 bits per heavy atom. The first-order valence-corrected chi connectivity index (χ1v) is 7.89. The second kappa shape index (κ2) is 4.83. The van der Waals surface area contributed by atoms with Crippen LogP contribution >= 0.6 is 0 Å². The van der Waals surface area contributed by atoms with Crippen LogP contribution in [-0.2, 0) is 10.5 Å². The van der Waals surface area contributed by atoms with Crippen molar-refractivity contribution in [2.45, 2.75) is 11.7 Å². The first kappa shape index (κ1) is 14.0. The molecule has 1 aromatic heterocycles. The molecule has 122 valence electrons. The van der Waals surface area contributed by atoms with Gasteiger partial charge >= 0.3 is 5.97 Å². The molecule has 1 aliphatic carbocycles. The predicted molar refractivity (Wildman–Crippen MR) is 86.4 cm³/mol. The van der Waals surface area contributed by atoms with Crippen molar-refractivity contribution in [3.8, 4) is 5.75 Å². The summed E-state index contributed by atoms with van der Waals surface area (Å²) in [7, 11) is 0. The molecule has 2 aromatic carbocycles. The predicted octanol–water partition coefficient (Wildman–Crippen LogP) is 3.66. The number of para-hydroxylation sites is 1. The lowest BCUT2D eigenvalue weighted by atomic mass is 9.92. The molecule has 2 atom stereocenters. The number of carbonyl (C=O) groups excluding carboxylic acids is 2. The molecule has 2 heterocycles. The van der Waals surface area contributed by atoms with Crippen LogP contribution in [0.5, 0.6) is 5.75 Å². The summed E-state index contributed by atoms with van der Waals surface area (Å²) >= 11 is 0. The smallest absolute Gasteiger partial charge is 0.377 e. The highest BCUT2D eigenvalue weighted by Gasteiger charge is 2.62. The van der Waals surface area contributed by atoms with Gasteiger partial charge in [-0.2, -0.15) is 0 Å². The van der Waals surface area contributed by atoms with Gasteiger partial charge in [0.15, 0.2) is 5.78 Å². The van der Waals surface area contributed by atoms with Crippen molar-refractivity contribution in [1.29, 1.82) is 0 Å². The first-order chi connectivity index (χ1) is 12.2. The van der Waals surface area contributed by atoms with E-state index in [0.717, 1.165) is 5.56 Å². The SMILES string of the molecule is O=C(OC12Oc3ccccc3C1C(=O)c1ccccc12)c1ccco1. The number of furan rings is 1. The number of ether oxygens (including phenoxy) is 2. The van der Waals surface area contributed by atoms with Crippen molar-refractivity contribution in [3.05, 3.63) is 89.4 Å². The number of carbonyl (C=O) groups is 2. The highest BCUT2D eigenvalue weighted by molar-refractivity contribution is 6.08. The number of hydrogen-bond acceptors (Lipinski definition) is 5. The van der Waals surface area contributed by atoms with E-state index >= 15 is 0 Å². The largest absolute Gasteiger partial charge is 0.457 e. The van der Waals surface area contributed by atoms with Gasteiger partial charge in [-0.3, -0.25) is 4.79 Å². The van der Waals surface area contributed by atoms with Crippen molar-refractivity contribution in [2.24, 2.45) is 0 Å².